The fraction of sp³-hybridized carbons (Fsp3) is 0.111. The van der Waals surface area contributed by atoms with Crippen molar-refractivity contribution in [3.8, 4) is 11.3 Å². The largest absolute Gasteiger partial charge is 0.465 e. The van der Waals surface area contributed by atoms with Gasteiger partial charge in [-0.25, -0.2) is 4.79 Å². The van der Waals surface area contributed by atoms with Crippen LogP contribution in [0.1, 0.15) is 15.9 Å². The Balaban J connectivity index is 2.05. The number of methoxy groups -OCH3 is 1. The number of rotatable bonds is 4. The van der Waals surface area contributed by atoms with Gasteiger partial charge in [0.2, 0.25) is 5.88 Å². The van der Waals surface area contributed by atoms with E-state index >= 15 is 0 Å². The third-order valence-electron chi connectivity index (χ3n) is 3.61. The van der Waals surface area contributed by atoms with E-state index in [0.717, 1.165) is 5.56 Å². The van der Waals surface area contributed by atoms with E-state index in [4.69, 9.17) is 32.5 Å². The van der Waals surface area contributed by atoms with Gasteiger partial charge in [-0.3, -0.25) is 0 Å². The molecule has 0 spiro atoms. The second-order valence-corrected chi connectivity index (χ2v) is 6.17. The van der Waals surface area contributed by atoms with Crippen molar-refractivity contribution in [2.24, 2.45) is 0 Å². The number of halogens is 2. The van der Waals surface area contributed by atoms with Crippen LogP contribution in [0.25, 0.3) is 11.3 Å². The topological polar surface area (TPSA) is 64.4 Å². The summed E-state index contributed by atoms with van der Waals surface area (Å²) in [7, 11) is 1.30. The maximum absolute atomic E-state index is 12.3. The molecule has 128 valence electrons. The van der Waals surface area contributed by atoms with Crippen LogP contribution in [0.5, 0.6) is 0 Å². The van der Waals surface area contributed by atoms with Crippen molar-refractivity contribution >= 4 is 40.7 Å². The number of anilines is 2. The Morgan fingerprint density at radius 3 is 2.68 bits per heavy atom. The highest BCUT2D eigenvalue weighted by atomic mass is 35.5. The van der Waals surface area contributed by atoms with Crippen LogP contribution in [-0.2, 0) is 4.74 Å². The molecule has 1 heterocycles. The van der Waals surface area contributed by atoms with E-state index in [2.05, 4.69) is 10.5 Å². The number of aromatic nitrogens is 1. The first-order valence-corrected chi connectivity index (χ1v) is 8.12. The van der Waals surface area contributed by atoms with Crippen LogP contribution in [0.3, 0.4) is 0 Å². The summed E-state index contributed by atoms with van der Waals surface area (Å²) in [5, 5.41) is 8.14. The minimum Gasteiger partial charge on any atom is -0.465 e. The summed E-state index contributed by atoms with van der Waals surface area (Å²) in [5.41, 5.74) is 2.77. The quantitative estimate of drug-likeness (QED) is 0.610. The van der Waals surface area contributed by atoms with Gasteiger partial charge < -0.3 is 14.6 Å². The van der Waals surface area contributed by atoms with Crippen LogP contribution < -0.4 is 5.32 Å². The monoisotopic (exact) mass is 376 g/mol. The van der Waals surface area contributed by atoms with Gasteiger partial charge in [0.15, 0.2) is 5.56 Å². The van der Waals surface area contributed by atoms with Crippen molar-refractivity contribution in [1.82, 2.24) is 5.16 Å². The molecule has 0 aliphatic rings. The van der Waals surface area contributed by atoms with Crippen LogP contribution >= 0.6 is 23.2 Å². The molecule has 0 aliphatic carbocycles. The number of esters is 1. The van der Waals surface area contributed by atoms with Crippen molar-refractivity contribution in [2.45, 2.75) is 6.92 Å². The lowest BCUT2D eigenvalue weighted by atomic mass is 10.1. The molecule has 0 radical (unpaired) electrons. The van der Waals surface area contributed by atoms with E-state index < -0.39 is 5.97 Å². The van der Waals surface area contributed by atoms with Crippen LogP contribution in [0.4, 0.5) is 11.6 Å². The van der Waals surface area contributed by atoms with E-state index in [1.807, 2.05) is 19.1 Å². The molecule has 0 unspecified atom stereocenters. The highest BCUT2D eigenvalue weighted by Gasteiger charge is 2.25. The maximum Gasteiger partial charge on any atom is 0.345 e. The second kappa shape index (κ2) is 7.17. The van der Waals surface area contributed by atoms with Crippen LogP contribution in [0, 0.1) is 6.92 Å². The minimum atomic E-state index is -0.572. The van der Waals surface area contributed by atoms with Gasteiger partial charge in [-0.05, 0) is 36.8 Å². The average molecular weight is 377 g/mol. The van der Waals surface area contributed by atoms with Crippen molar-refractivity contribution in [3.63, 3.8) is 0 Å². The van der Waals surface area contributed by atoms with Crippen molar-refractivity contribution in [1.29, 1.82) is 0 Å². The number of hydrogen-bond donors (Lipinski definition) is 1. The van der Waals surface area contributed by atoms with Gasteiger partial charge in [0.05, 0.1) is 7.11 Å². The van der Waals surface area contributed by atoms with Gasteiger partial charge in [0, 0.05) is 21.3 Å². The molecular weight excluding hydrogens is 363 g/mol. The first-order valence-electron chi connectivity index (χ1n) is 7.36. The molecule has 0 atom stereocenters. The third kappa shape index (κ3) is 3.62. The number of ether oxygens (including phenoxy) is 1. The Hall–Kier alpha value is -2.50. The molecule has 0 saturated heterocycles. The van der Waals surface area contributed by atoms with Gasteiger partial charge in [0.1, 0.15) is 5.69 Å². The SMILES string of the molecule is COC(=O)c1c(-c2cccc(Cl)c2)noc1Nc1ccc(C)c(Cl)c1. The zero-order valence-corrected chi connectivity index (χ0v) is 15.0. The number of benzene rings is 2. The summed E-state index contributed by atoms with van der Waals surface area (Å²) < 4.78 is 10.2. The molecule has 7 heteroatoms. The first kappa shape index (κ1) is 17.3. The fourth-order valence-electron chi connectivity index (χ4n) is 2.30. The summed E-state index contributed by atoms with van der Waals surface area (Å²) in [5.74, 6) is -0.404. The molecular formula is C18H14Cl2N2O3. The predicted octanol–water partition coefficient (Wildman–Crippen LogP) is 5.49. The third-order valence-corrected chi connectivity index (χ3v) is 4.25. The van der Waals surface area contributed by atoms with Crippen molar-refractivity contribution in [3.05, 3.63) is 63.6 Å². The number of aryl methyl sites for hydroxylation is 1. The summed E-state index contributed by atoms with van der Waals surface area (Å²) in [6.45, 7) is 1.90. The fourth-order valence-corrected chi connectivity index (χ4v) is 2.67. The van der Waals surface area contributed by atoms with E-state index in [0.29, 0.717) is 27.0 Å². The van der Waals surface area contributed by atoms with Gasteiger partial charge >= 0.3 is 5.97 Å². The second-order valence-electron chi connectivity index (χ2n) is 5.33. The molecule has 3 aromatic rings. The molecule has 0 saturated carbocycles. The Kier molecular flexibility index (Phi) is 4.97. The normalized spacial score (nSPS) is 10.6. The van der Waals surface area contributed by atoms with Gasteiger partial charge in [-0.1, -0.05) is 46.6 Å². The van der Waals surface area contributed by atoms with Crippen LogP contribution in [0.15, 0.2) is 47.0 Å². The molecule has 0 amide bonds. The van der Waals surface area contributed by atoms with E-state index in [1.54, 1.807) is 30.3 Å². The zero-order chi connectivity index (χ0) is 18.0. The van der Waals surface area contributed by atoms with E-state index in [9.17, 15) is 4.79 Å². The van der Waals surface area contributed by atoms with Crippen molar-refractivity contribution < 1.29 is 14.1 Å². The molecule has 1 N–H and O–H groups in total. The Morgan fingerprint density at radius 1 is 1.20 bits per heavy atom. The standard InChI is InChI=1S/C18H14Cl2N2O3/c1-10-6-7-13(9-14(10)20)21-17-15(18(23)24-2)16(22-25-17)11-4-3-5-12(19)8-11/h3-9,21H,1-2H3. The molecule has 5 nitrogen and oxygen atoms in total. The predicted molar refractivity (Wildman–Crippen MR) is 97.8 cm³/mol. The molecule has 0 fully saturated rings. The Morgan fingerprint density at radius 2 is 2.00 bits per heavy atom. The summed E-state index contributed by atoms with van der Waals surface area (Å²) in [6.07, 6.45) is 0. The molecule has 25 heavy (non-hydrogen) atoms. The van der Waals surface area contributed by atoms with E-state index in [-0.39, 0.29) is 11.4 Å². The number of carbonyl (C=O) groups is 1. The Bertz CT molecular complexity index is 938. The number of nitrogens with one attached hydrogen (secondary N) is 1. The van der Waals surface area contributed by atoms with Gasteiger partial charge in [-0.2, -0.15) is 0 Å². The molecule has 2 aromatic carbocycles. The van der Waals surface area contributed by atoms with E-state index in [1.165, 1.54) is 7.11 Å². The molecule has 3 rings (SSSR count). The van der Waals surface area contributed by atoms with Crippen LogP contribution in [0.2, 0.25) is 10.0 Å². The highest BCUT2D eigenvalue weighted by Crippen LogP contribution is 2.33. The molecule has 0 bridgehead atoms. The van der Waals surface area contributed by atoms with Gasteiger partial charge in [0.25, 0.3) is 0 Å². The summed E-state index contributed by atoms with van der Waals surface area (Å²) in [6, 6.07) is 12.4. The lowest BCUT2D eigenvalue weighted by Gasteiger charge is -2.07. The highest BCUT2D eigenvalue weighted by molar-refractivity contribution is 6.31. The first-order chi connectivity index (χ1) is 12.0. The molecule has 0 aliphatic heterocycles. The number of hydrogen-bond acceptors (Lipinski definition) is 5. The smallest absolute Gasteiger partial charge is 0.345 e. The zero-order valence-electron chi connectivity index (χ0n) is 13.5. The molecule has 1 aromatic heterocycles. The lowest BCUT2D eigenvalue weighted by Crippen LogP contribution is -2.05. The van der Waals surface area contributed by atoms with Crippen molar-refractivity contribution in [2.75, 3.05) is 12.4 Å². The van der Waals surface area contributed by atoms with Crippen LogP contribution in [-0.4, -0.2) is 18.2 Å². The maximum atomic E-state index is 12.3. The minimum absolute atomic E-state index is 0.168. The average Bonchev–Trinajstić information content (AvgIpc) is 3.01. The lowest BCUT2D eigenvalue weighted by molar-refractivity contribution is 0.0602. The summed E-state index contributed by atoms with van der Waals surface area (Å²) >= 11 is 12.2. The summed E-state index contributed by atoms with van der Waals surface area (Å²) in [4.78, 5) is 12.3. The number of carbonyl (C=O) groups excluding carboxylic acids is 1. The van der Waals surface area contributed by atoms with Gasteiger partial charge in [-0.15, -0.1) is 0 Å². The Labute approximate surface area is 154 Å². The number of nitrogens with zero attached hydrogens (tertiary/aromatic N) is 1.